The summed E-state index contributed by atoms with van der Waals surface area (Å²) in [7, 11) is 1.72. The van der Waals surface area contributed by atoms with E-state index in [2.05, 4.69) is 29.7 Å². The third-order valence-corrected chi connectivity index (χ3v) is 4.34. The molecule has 0 aromatic heterocycles. The summed E-state index contributed by atoms with van der Waals surface area (Å²) in [6, 6.07) is 6.21. The van der Waals surface area contributed by atoms with Crippen LogP contribution in [0.4, 0.5) is 11.4 Å². The highest BCUT2D eigenvalue weighted by Gasteiger charge is 2.37. The van der Waals surface area contributed by atoms with Crippen LogP contribution in [0.1, 0.15) is 32.6 Å². The predicted molar refractivity (Wildman–Crippen MR) is 75.5 cm³/mol. The van der Waals surface area contributed by atoms with Gasteiger partial charge in [-0.15, -0.1) is 0 Å². The van der Waals surface area contributed by atoms with Gasteiger partial charge in [0.1, 0.15) is 5.75 Å². The molecule has 3 rings (SSSR count). The zero-order valence-electron chi connectivity index (χ0n) is 11.3. The number of methoxy groups -OCH3 is 1. The molecule has 0 radical (unpaired) electrons. The molecule has 1 aliphatic heterocycles. The van der Waals surface area contributed by atoms with Crippen LogP contribution in [-0.4, -0.2) is 19.2 Å². The first-order valence-corrected chi connectivity index (χ1v) is 6.91. The molecule has 3 nitrogen and oxygen atoms in total. The maximum atomic E-state index is 5.31. The van der Waals surface area contributed by atoms with Crippen LogP contribution >= 0.6 is 0 Å². The largest absolute Gasteiger partial charge is 0.497 e. The molecule has 1 aromatic rings. The van der Waals surface area contributed by atoms with Gasteiger partial charge in [0.15, 0.2) is 0 Å². The summed E-state index contributed by atoms with van der Waals surface area (Å²) in [5, 5.41) is 7.35. The first kappa shape index (κ1) is 11.7. The summed E-state index contributed by atoms with van der Waals surface area (Å²) >= 11 is 0. The van der Waals surface area contributed by atoms with Gasteiger partial charge in [0, 0.05) is 12.6 Å². The quantitative estimate of drug-likeness (QED) is 0.796. The number of nitrogens with one attached hydrogen (secondary N) is 2. The minimum absolute atomic E-state index is 0.247. The Morgan fingerprint density at radius 3 is 3.00 bits per heavy atom. The van der Waals surface area contributed by atoms with Gasteiger partial charge in [0.2, 0.25) is 0 Å². The van der Waals surface area contributed by atoms with Gasteiger partial charge < -0.3 is 15.4 Å². The van der Waals surface area contributed by atoms with E-state index in [9.17, 15) is 0 Å². The van der Waals surface area contributed by atoms with Crippen molar-refractivity contribution in [2.24, 2.45) is 5.92 Å². The van der Waals surface area contributed by atoms with Crippen LogP contribution < -0.4 is 15.4 Å². The standard InChI is InChI=1S/C15H22N2O/c1-11-4-3-7-15(9-11)10-16-13-6-5-12(18-2)8-14(13)17-15/h5-6,8,11,16-17H,3-4,7,9-10H2,1-2H3. The Kier molecular flexibility index (Phi) is 2.84. The SMILES string of the molecule is COc1ccc2c(c1)NC1(CCCC(C)C1)CN2. The number of fused-ring (bicyclic) bond motifs is 1. The van der Waals surface area contributed by atoms with Crippen molar-refractivity contribution in [2.75, 3.05) is 24.3 Å². The first-order valence-electron chi connectivity index (χ1n) is 6.91. The molecular formula is C15H22N2O. The third kappa shape index (κ3) is 2.02. The van der Waals surface area contributed by atoms with Crippen molar-refractivity contribution in [3.05, 3.63) is 18.2 Å². The average molecular weight is 246 g/mol. The second kappa shape index (κ2) is 4.38. The topological polar surface area (TPSA) is 33.3 Å². The van der Waals surface area contributed by atoms with Gasteiger partial charge in [-0.05, 0) is 30.9 Å². The van der Waals surface area contributed by atoms with Gasteiger partial charge >= 0.3 is 0 Å². The van der Waals surface area contributed by atoms with Crippen molar-refractivity contribution in [3.63, 3.8) is 0 Å². The Hall–Kier alpha value is -1.38. The third-order valence-electron chi connectivity index (χ3n) is 4.34. The fourth-order valence-electron chi connectivity index (χ4n) is 3.44. The van der Waals surface area contributed by atoms with Gasteiger partial charge in [0.25, 0.3) is 0 Å². The highest BCUT2D eigenvalue weighted by atomic mass is 16.5. The highest BCUT2D eigenvalue weighted by Crippen LogP contribution is 2.41. The van der Waals surface area contributed by atoms with E-state index >= 15 is 0 Å². The molecular weight excluding hydrogens is 224 g/mol. The summed E-state index contributed by atoms with van der Waals surface area (Å²) in [4.78, 5) is 0. The van der Waals surface area contributed by atoms with E-state index in [-0.39, 0.29) is 5.54 Å². The monoisotopic (exact) mass is 246 g/mol. The molecule has 0 bridgehead atoms. The molecule has 1 fully saturated rings. The van der Waals surface area contributed by atoms with Crippen LogP contribution in [0.2, 0.25) is 0 Å². The van der Waals surface area contributed by atoms with Gasteiger partial charge in [-0.3, -0.25) is 0 Å². The summed E-state index contributed by atoms with van der Waals surface area (Å²) < 4.78 is 5.31. The van der Waals surface area contributed by atoms with Crippen LogP contribution in [0.25, 0.3) is 0 Å². The number of hydrogen-bond acceptors (Lipinski definition) is 3. The van der Waals surface area contributed by atoms with Crippen LogP contribution in [0, 0.1) is 5.92 Å². The minimum atomic E-state index is 0.247. The van der Waals surface area contributed by atoms with E-state index < -0.39 is 0 Å². The zero-order valence-corrected chi connectivity index (χ0v) is 11.3. The zero-order chi connectivity index (χ0) is 12.6. The molecule has 2 aliphatic rings. The Morgan fingerprint density at radius 2 is 2.22 bits per heavy atom. The molecule has 1 saturated carbocycles. The maximum absolute atomic E-state index is 5.31. The van der Waals surface area contributed by atoms with Crippen molar-refractivity contribution in [3.8, 4) is 5.75 Å². The van der Waals surface area contributed by atoms with Gasteiger partial charge in [0.05, 0.1) is 24.0 Å². The summed E-state index contributed by atoms with van der Waals surface area (Å²) in [5.41, 5.74) is 2.63. The summed E-state index contributed by atoms with van der Waals surface area (Å²) in [6.07, 6.45) is 5.22. The van der Waals surface area contributed by atoms with Crippen molar-refractivity contribution < 1.29 is 4.74 Å². The van der Waals surface area contributed by atoms with Crippen molar-refractivity contribution >= 4 is 11.4 Å². The molecule has 1 heterocycles. The average Bonchev–Trinajstić information content (AvgIpc) is 2.37. The van der Waals surface area contributed by atoms with Gasteiger partial charge in [-0.1, -0.05) is 19.8 Å². The van der Waals surface area contributed by atoms with E-state index in [0.29, 0.717) is 0 Å². The van der Waals surface area contributed by atoms with E-state index in [0.717, 1.165) is 18.2 Å². The summed E-state index contributed by atoms with van der Waals surface area (Å²) in [6.45, 7) is 3.40. The molecule has 3 heteroatoms. The number of benzene rings is 1. The van der Waals surface area contributed by atoms with Gasteiger partial charge in [-0.25, -0.2) is 0 Å². The molecule has 2 N–H and O–H groups in total. The number of hydrogen-bond donors (Lipinski definition) is 2. The predicted octanol–water partition coefficient (Wildman–Crippen LogP) is 3.48. The lowest BCUT2D eigenvalue weighted by molar-refractivity contribution is 0.266. The molecule has 1 aliphatic carbocycles. The first-order chi connectivity index (χ1) is 8.71. The number of ether oxygens (including phenoxy) is 1. The van der Waals surface area contributed by atoms with E-state index in [4.69, 9.17) is 4.74 Å². The van der Waals surface area contributed by atoms with Crippen LogP contribution in [0.3, 0.4) is 0 Å². The van der Waals surface area contributed by atoms with Crippen molar-refractivity contribution in [1.82, 2.24) is 0 Å². The molecule has 0 saturated heterocycles. The maximum Gasteiger partial charge on any atom is 0.121 e. The number of rotatable bonds is 1. The Bertz CT molecular complexity index is 446. The molecule has 2 atom stereocenters. The highest BCUT2D eigenvalue weighted by molar-refractivity contribution is 5.74. The van der Waals surface area contributed by atoms with Crippen LogP contribution in [0.15, 0.2) is 18.2 Å². The van der Waals surface area contributed by atoms with Crippen LogP contribution in [0.5, 0.6) is 5.75 Å². The molecule has 1 aromatic carbocycles. The van der Waals surface area contributed by atoms with E-state index in [1.807, 2.05) is 6.07 Å². The lowest BCUT2D eigenvalue weighted by atomic mass is 9.75. The lowest BCUT2D eigenvalue weighted by Gasteiger charge is -2.45. The normalized spacial score (nSPS) is 30.2. The molecule has 0 amide bonds. The molecule has 18 heavy (non-hydrogen) atoms. The fraction of sp³-hybridized carbons (Fsp3) is 0.600. The Labute approximate surface area is 109 Å². The van der Waals surface area contributed by atoms with E-state index in [1.165, 1.54) is 37.1 Å². The van der Waals surface area contributed by atoms with Crippen molar-refractivity contribution in [2.45, 2.75) is 38.1 Å². The smallest absolute Gasteiger partial charge is 0.121 e. The van der Waals surface area contributed by atoms with E-state index in [1.54, 1.807) is 7.11 Å². The summed E-state index contributed by atoms with van der Waals surface area (Å²) in [5.74, 6) is 1.74. The van der Waals surface area contributed by atoms with Gasteiger partial charge in [-0.2, -0.15) is 0 Å². The molecule has 2 unspecified atom stereocenters. The number of anilines is 2. The second-order valence-electron chi connectivity index (χ2n) is 5.87. The van der Waals surface area contributed by atoms with Crippen molar-refractivity contribution in [1.29, 1.82) is 0 Å². The fourth-order valence-corrected chi connectivity index (χ4v) is 3.44. The Morgan fingerprint density at radius 1 is 1.33 bits per heavy atom. The minimum Gasteiger partial charge on any atom is -0.497 e. The van der Waals surface area contributed by atoms with Crippen LogP contribution in [-0.2, 0) is 0 Å². The molecule has 98 valence electrons. The Balaban J connectivity index is 1.87. The second-order valence-corrected chi connectivity index (χ2v) is 5.87. The lowest BCUT2D eigenvalue weighted by Crippen LogP contribution is -2.50. The molecule has 1 spiro atoms.